The first kappa shape index (κ1) is 19.5. The predicted octanol–water partition coefficient (Wildman–Crippen LogP) is 2.47. The number of nitrogens with two attached hydrogens (primary N) is 1. The Morgan fingerprint density at radius 2 is 2.24 bits per heavy atom. The van der Waals surface area contributed by atoms with E-state index in [1.807, 2.05) is 12.1 Å². The number of hydrazine groups is 1. The molecule has 0 bridgehead atoms. The maximum absolute atomic E-state index is 11.8. The highest BCUT2D eigenvalue weighted by molar-refractivity contribution is 5.78. The van der Waals surface area contributed by atoms with Crippen molar-refractivity contribution in [3.8, 4) is 11.5 Å². The van der Waals surface area contributed by atoms with Gasteiger partial charge < -0.3 is 9.47 Å². The van der Waals surface area contributed by atoms with Gasteiger partial charge in [0.05, 0.1) is 19.6 Å². The fraction of sp³-hybridized carbons (Fsp3) is 0.632. The summed E-state index contributed by atoms with van der Waals surface area (Å²) in [6.45, 7) is 5.31. The van der Waals surface area contributed by atoms with Gasteiger partial charge in [0.25, 0.3) is 0 Å². The molecule has 1 atom stereocenters. The number of likely N-dealkylation sites (tertiary alicyclic amines) is 1. The maximum atomic E-state index is 11.8. The molecule has 1 aromatic rings. The number of para-hydroxylation sites is 1. The number of rotatable bonds is 9. The van der Waals surface area contributed by atoms with Crippen LogP contribution in [0.25, 0.3) is 0 Å². The Kier molecular flexibility index (Phi) is 8.01. The molecule has 140 valence electrons. The minimum Gasteiger partial charge on any atom is -0.493 e. The molecular formula is C19H31N3O3. The maximum Gasteiger partial charge on any atom is 0.238 e. The van der Waals surface area contributed by atoms with E-state index in [1.54, 1.807) is 7.11 Å². The fourth-order valence-corrected chi connectivity index (χ4v) is 3.31. The zero-order valence-electron chi connectivity index (χ0n) is 15.4. The van der Waals surface area contributed by atoms with Crippen molar-refractivity contribution in [2.45, 2.75) is 45.6 Å². The van der Waals surface area contributed by atoms with Crippen LogP contribution in [-0.2, 0) is 11.3 Å². The number of benzene rings is 1. The van der Waals surface area contributed by atoms with Crippen LogP contribution in [0.5, 0.6) is 11.5 Å². The summed E-state index contributed by atoms with van der Waals surface area (Å²) in [5.41, 5.74) is 3.38. The van der Waals surface area contributed by atoms with Gasteiger partial charge in [0, 0.05) is 18.7 Å². The molecule has 1 aromatic carbocycles. The Balaban J connectivity index is 2.05. The molecule has 1 aliphatic rings. The lowest BCUT2D eigenvalue weighted by atomic mass is 9.97. The first-order chi connectivity index (χ1) is 12.2. The lowest BCUT2D eigenvalue weighted by Gasteiger charge is -2.32. The topological polar surface area (TPSA) is 76.8 Å². The zero-order chi connectivity index (χ0) is 18.1. The summed E-state index contributed by atoms with van der Waals surface area (Å²) in [6, 6.07) is 5.99. The quantitative estimate of drug-likeness (QED) is 0.310. The van der Waals surface area contributed by atoms with Crippen LogP contribution in [0.4, 0.5) is 0 Å². The second-order valence-electron chi connectivity index (χ2n) is 6.59. The van der Waals surface area contributed by atoms with E-state index in [0.717, 1.165) is 62.4 Å². The Hall–Kier alpha value is -1.79. The molecule has 0 saturated carbocycles. The molecule has 3 N–H and O–H groups in total. The number of nitrogens with zero attached hydrogens (tertiary/aromatic N) is 1. The Bertz CT molecular complexity index is 551. The SMILES string of the molecule is CCCCCOc1c(CN2CCCC(C(=O)NN)C2)cccc1OC. The van der Waals surface area contributed by atoms with Crippen molar-refractivity contribution >= 4 is 5.91 Å². The molecule has 2 rings (SSSR count). The molecule has 6 heteroatoms. The Labute approximate surface area is 150 Å². The van der Waals surface area contributed by atoms with Crippen LogP contribution in [0, 0.1) is 5.92 Å². The number of ether oxygens (including phenoxy) is 2. The van der Waals surface area contributed by atoms with Gasteiger partial charge in [-0.2, -0.15) is 0 Å². The number of carbonyl (C=O) groups excluding carboxylic acids is 1. The molecule has 25 heavy (non-hydrogen) atoms. The molecule has 0 aliphatic carbocycles. The van der Waals surface area contributed by atoms with Crippen molar-refractivity contribution in [2.24, 2.45) is 11.8 Å². The number of piperidine rings is 1. The fourth-order valence-electron chi connectivity index (χ4n) is 3.31. The second-order valence-corrected chi connectivity index (χ2v) is 6.59. The summed E-state index contributed by atoms with van der Waals surface area (Å²) in [6.07, 6.45) is 5.25. The van der Waals surface area contributed by atoms with Gasteiger partial charge in [0.2, 0.25) is 5.91 Å². The molecule has 1 fully saturated rings. The molecule has 0 spiro atoms. The van der Waals surface area contributed by atoms with E-state index >= 15 is 0 Å². The van der Waals surface area contributed by atoms with Crippen molar-refractivity contribution < 1.29 is 14.3 Å². The first-order valence-corrected chi connectivity index (χ1v) is 9.21. The minimum atomic E-state index is -0.0774. The van der Waals surface area contributed by atoms with Crippen LogP contribution in [0.1, 0.15) is 44.6 Å². The molecular weight excluding hydrogens is 318 g/mol. The van der Waals surface area contributed by atoms with Crippen LogP contribution in [0.15, 0.2) is 18.2 Å². The number of carbonyl (C=O) groups is 1. The van der Waals surface area contributed by atoms with E-state index in [9.17, 15) is 4.79 Å². The molecule has 1 amide bonds. The highest BCUT2D eigenvalue weighted by Crippen LogP contribution is 2.33. The van der Waals surface area contributed by atoms with Crippen LogP contribution in [0.2, 0.25) is 0 Å². The summed E-state index contributed by atoms with van der Waals surface area (Å²) in [5.74, 6) is 6.76. The van der Waals surface area contributed by atoms with E-state index in [0.29, 0.717) is 6.61 Å². The summed E-state index contributed by atoms with van der Waals surface area (Å²) >= 11 is 0. The van der Waals surface area contributed by atoms with Gasteiger partial charge in [0.15, 0.2) is 11.5 Å². The third kappa shape index (κ3) is 5.61. The van der Waals surface area contributed by atoms with E-state index in [4.69, 9.17) is 15.3 Å². The molecule has 1 heterocycles. The lowest BCUT2D eigenvalue weighted by Crippen LogP contribution is -2.44. The summed E-state index contributed by atoms with van der Waals surface area (Å²) in [7, 11) is 1.67. The van der Waals surface area contributed by atoms with Crippen molar-refractivity contribution in [3.05, 3.63) is 23.8 Å². The smallest absolute Gasteiger partial charge is 0.238 e. The van der Waals surface area contributed by atoms with Gasteiger partial charge in [-0.3, -0.25) is 15.1 Å². The van der Waals surface area contributed by atoms with Crippen LogP contribution < -0.4 is 20.7 Å². The normalized spacial score (nSPS) is 18.0. The largest absolute Gasteiger partial charge is 0.493 e. The van der Waals surface area contributed by atoms with E-state index < -0.39 is 0 Å². The van der Waals surface area contributed by atoms with E-state index in [2.05, 4.69) is 23.3 Å². The van der Waals surface area contributed by atoms with Gasteiger partial charge in [-0.15, -0.1) is 0 Å². The highest BCUT2D eigenvalue weighted by atomic mass is 16.5. The average molecular weight is 349 g/mol. The lowest BCUT2D eigenvalue weighted by molar-refractivity contribution is -0.126. The average Bonchev–Trinajstić information content (AvgIpc) is 2.65. The Morgan fingerprint density at radius 1 is 1.40 bits per heavy atom. The van der Waals surface area contributed by atoms with E-state index in [-0.39, 0.29) is 11.8 Å². The number of nitrogens with one attached hydrogen (secondary N) is 1. The van der Waals surface area contributed by atoms with Crippen molar-refractivity contribution in [3.63, 3.8) is 0 Å². The molecule has 0 radical (unpaired) electrons. The highest BCUT2D eigenvalue weighted by Gasteiger charge is 2.26. The second kappa shape index (κ2) is 10.3. The molecule has 1 unspecified atom stereocenters. The summed E-state index contributed by atoms with van der Waals surface area (Å²) < 4.78 is 11.5. The predicted molar refractivity (Wildman–Crippen MR) is 98.3 cm³/mol. The van der Waals surface area contributed by atoms with E-state index in [1.165, 1.54) is 6.42 Å². The van der Waals surface area contributed by atoms with Gasteiger partial charge in [-0.25, -0.2) is 5.84 Å². The van der Waals surface area contributed by atoms with Gasteiger partial charge in [0.1, 0.15) is 0 Å². The van der Waals surface area contributed by atoms with Crippen molar-refractivity contribution in [2.75, 3.05) is 26.8 Å². The first-order valence-electron chi connectivity index (χ1n) is 9.21. The summed E-state index contributed by atoms with van der Waals surface area (Å²) in [4.78, 5) is 14.1. The van der Waals surface area contributed by atoms with Crippen molar-refractivity contribution in [1.82, 2.24) is 10.3 Å². The molecule has 1 saturated heterocycles. The van der Waals surface area contributed by atoms with Crippen molar-refractivity contribution in [1.29, 1.82) is 0 Å². The number of unbranched alkanes of at least 4 members (excludes halogenated alkanes) is 2. The molecule has 1 aliphatic heterocycles. The third-order valence-electron chi connectivity index (χ3n) is 4.69. The molecule has 0 aromatic heterocycles. The van der Waals surface area contributed by atoms with Gasteiger partial charge >= 0.3 is 0 Å². The van der Waals surface area contributed by atoms with Crippen LogP contribution >= 0.6 is 0 Å². The summed E-state index contributed by atoms with van der Waals surface area (Å²) in [5, 5.41) is 0. The number of hydrogen-bond donors (Lipinski definition) is 2. The molecule has 6 nitrogen and oxygen atoms in total. The number of methoxy groups -OCH3 is 1. The van der Waals surface area contributed by atoms with Gasteiger partial charge in [-0.1, -0.05) is 31.9 Å². The van der Waals surface area contributed by atoms with Crippen LogP contribution in [0.3, 0.4) is 0 Å². The van der Waals surface area contributed by atoms with Crippen LogP contribution in [-0.4, -0.2) is 37.6 Å². The third-order valence-corrected chi connectivity index (χ3v) is 4.69. The zero-order valence-corrected chi connectivity index (χ0v) is 15.4. The monoisotopic (exact) mass is 349 g/mol. The van der Waals surface area contributed by atoms with Gasteiger partial charge in [-0.05, 0) is 31.9 Å². The Morgan fingerprint density at radius 3 is 2.96 bits per heavy atom. The standard InChI is InChI=1S/C19H31N3O3/c1-3-4-5-12-25-18-15(8-6-10-17(18)24-2)13-22-11-7-9-16(14-22)19(23)21-20/h6,8,10,16H,3-5,7,9,11-14,20H2,1-2H3,(H,21,23). The number of amides is 1. The minimum absolute atomic E-state index is 0.0433. The number of hydrogen-bond acceptors (Lipinski definition) is 5.